The van der Waals surface area contributed by atoms with Gasteiger partial charge in [-0.15, -0.1) is 0 Å². The lowest BCUT2D eigenvalue weighted by Crippen LogP contribution is -2.20. The van der Waals surface area contributed by atoms with E-state index in [0.29, 0.717) is 17.9 Å². The molecule has 6 nitrogen and oxygen atoms in total. The van der Waals surface area contributed by atoms with Crippen LogP contribution in [0.4, 0.5) is 5.69 Å². The third-order valence-corrected chi connectivity index (χ3v) is 3.65. The van der Waals surface area contributed by atoms with Gasteiger partial charge < -0.3 is 10.1 Å². The van der Waals surface area contributed by atoms with Crippen molar-refractivity contribution in [2.75, 3.05) is 11.9 Å². The zero-order chi connectivity index (χ0) is 17.0. The summed E-state index contributed by atoms with van der Waals surface area (Å²) in [5.74, 6) is -0.906. The number of carbonyl (C=O) groups is 2. The Kier molecular flexibility index (Phi) is 5.16. The third kappa shape index (κ3) is 3.77. The fraction of sp³-hybridized carbons (Fsp3) is 0.353. The number of H-pyrrole nitrogens is 1. The predicted octanol–water partition coefficient (Wildman–Crippen LogP) is 2.95. The lowest BCUT2D eigenvalue weighted by atomic mass is 9.98. The van der Waals surface area contributed by atoms with Crippen LogP contribution < -0.4 is 5.32 Å². The van der Waals surface area contributed by atoms with Crippen LogP contribution in [0.3, 0.4) is 0 Å². The van der Waals surface area contributed by atoms with Gasteiger partial charge in [0.25, 0.3) is 0 Å². The Hall–Kier alpha value is -2.63. The quantitative estimate of drug-likeness (QED) is 0.831. The maximum atomic E-state index is 12.5. The highest BCUT2D eigenvalue weighted by molar-refractivity contribution is 5.97. The summed E-state index contributed by atoms with van der Waals surface area (Å²) >= 11 is 0. The zero-order valence-corrected chi connectivity index (χ0v) is 13.8. The summed E-state index contributed by atoms with van der Waals surface area (Å²) < 4.78 is 4.96. The third-order valence-electron chi connectivity index (χ3n) is 3.65. The van der Waals surface area contributed by atoms with Crippen LogP contribution in [0.15, 0.2) is 24.3 Å². The van der Waals surface area contributed by atoms with E-state index in [-0.39, 0.29) is 11.8 Å². The molecule has 0 spiro atoms. The molecule has 1 atom stereocenters. The summed E-state index contributed by atoms with van der Waals surface area (Å²) in [7, 11) is 0. The van der Waals surface area contributed by atoms with E-state index in [1.54, 1.807) is 31.2 Å². The van der Waals surface area contributed by atoms with Crippen LogP contribution in [0.1, 0.15) is 47.1 Å². The molecule has 0 aliphatic carbocycles. The number of anilines is 1. The Morgan fingerprint density at radius 3 is 2.70 bits per heavy atom. The van der Waals surface area contributed by atoms with Crippen LogP contribution in [0.5, 0.6) is 0 Å². The molecule has 1 aromatic carbocycles. The van der Waals surface area contributed by atoms with Gasteiger partial charge in [0.05, 0.1) is 23.8 Å². The van der Waals surface area contributed by atoms with Crippen LogP contribution in [0, 0.1) is 13.8 Å². The van der Waals surface area contributed by atoms with Crippen LogP contribution >= 0.6 is 0 Å². The van der Waals surface area contributed by atoms with E-state index < -0.39 is 5.97 Å². The van der Waals surface area contributed by atoms with Crippen molar-refractivity contribution in [1.82, 2.24) is 10.2 Å². The van der Waals surface area contributed by atoms with Gasteiger partial charge >= 0.3 is 5.97 Å². The first kappa shape index (κ1) is 16.7. The highest BCUT2D eigenvalue weighted by Crippen LogP contribution is 2.23. The summed E-state index contributed by atoms with van der Waals surface area (Å²) in [5.41, 5.74) is 3.55. The molecule has 0 fully saturated rings. The second kappa shape index (κ2) is 7.09. The van der Waals surface area contributed by atoms with Crippen molar-refractivity contribution >= 4 is 17.6 Å². The highest BCUT2D eigenvalue weighted by Gasteiger charge is 2.21. The van der Waals surface area contributed by atoms with Crippen molar-refractivity contribution in [3.63, 3.8) is 0 Å². The minimum atomic E-state index is -0.404. The lowest BCUT2D eigenvalue weighted by molar-refractivity contribution is -0.117. The molecule has 6 heteroatoms. The highest BCUT2D eigenvalue weighted by atomic mass is 16.5. The first-order chi connectivity index (χ1) is 10.9. The van der Waals surface area contributed by atoms with Gasteiger partial charge in [0, 0.05) is 16.9 Å². The van der Waals surface area contributed by atoms with Crippen molar-refractivity contribution in [2.45, 2.75) is 33.6 Å². The molecule has 2 rings (SSSR count). The second-order valence-electron chi connectivity index (χ2n) is 5.36. The van der Waals surface area contributed by atoms with Gasteiger partial charge in [-0.1, -0.05) is 6.07 Å². The standard InChI is InChI=1S/C17H21N3O3/c1-5-23-17(22)13-7-6-8-14(9-13)18-16(21)10(2)15-11(3)19-20-12(15)4/h6-10H,5H2,1-4H3,(H,18,21)(H,19,20)/t10-/m1/s1. The number of benzene rings is 1. The van der Waals surface area contributed by atoms with Crippen LogP contribution in [0.2, 0.25) is 0 Å². The predicted molar refractivity (Wildman–Crippen MR) is 87.5 cm³/mol. The topological polar surface area (TPSA) is 84.1 Å². The number of carbonyl (C=O) groups excluding carboxylic acids is 2. The van der Waals surface area contributed by atoms with Gasteiger partial charge in [0.15, 0.2) is 0 Å². The summed E-state index contributed by atoms with van der Waals surface area (Å²) in [6.07, 6.45) is 0. The smallest absolute Gasteiger partial charge is 0.338 e. The number of rotatable bonds is 5. The molecule has 1 heterocycles. The summed E-state index contributed by atoms with van der Waals surface area (Å²) in [6.45, 7) is 7.64. The Labute approximate surface area is 135 Å². The summed E-state index contributed by atoms with van der Waals surface area (Å²) in [4.78, 5) is 24.2. The number of ether oxygens (including phenoxy) is 1. The number of esters is 1. The Balaban J connectivity index is 2.14. The minimum Gasteiger partial charge on any atom is -0.462 e. The molecule has 1 aromatic heterocycles. The maximum absolute atomic E-state index is 12.5. The molecule has 0 aliphatic rings. The van der Waals surface area contributed by atoms with Gasteiger partial charge in [0.1, 0.15) is 0 Å². The SMILES string of the molecule is CCOC(=O)c1cccc(NC(=O)[C@H](C)c2c(C)n[nH]c2C)c1. The number of hydrogen-bond acceptors (Lipinski definition) is 4. The molecule has 1 amide bonds. The number of hydrogen-bond donors (Lipinski definition) is 2. The van der Waals surface area contributed by atoms with E-state index in [1.165, 1.54) is 0 Å². The van der Waals surface area contributed by atoms with Crippen LogP contribution in [0.25, 0.3) is 0 Å². The molecule has 0 bridgehead atoms. The number of aromatic nitrogens is 2. The summed E-state index contributed by atoms with van der Waals surface area (Å²) in [5, 5.41) is 9.84. The molecular formula is C17H21N3O3. The lowest BCUT2D eigenvalue weighted by Gasteiger charge is -2.13. The number of aromatic amines is 1. The van der Waals surface area contributed by atoms with Crippen LogP contribution in [-0.4, -0.2) is 28.7 Å². The second-order valence-corrected chi connectivity index (χ2v) is 5.36. The average molecular weight is 315 g/mol. The van der Waals surface area contributed by atoms with Crippen molar-refractivity contribution < 1.29 is 14.3 Å². The van der Waals surface area contributed by atoms with Gasteiger partial charge in [-0.3, -0.25) is 9.89 Å². The normalized spacial score (nSPS) is 11.8. The molecule has 0 unspecified atom stereocenters. The van der Waals surface area contributed by atoms with E-state index in [0.717, 1.165) is 17.0 Å². The molecule has 122 valence electrons. The molecule has 0 aliphatic heterocycles. The average Bonchev–Trinajstić information content (AvgIpc) is 2.86. The molecule has 2 N–H and O–H groups in total. The number of nitrogens with zero attached hydrogens (tertiary/aromatic N) is 1. The van der Waals surface area contributed by atoms with Crippen molar-refractivity contribution in [2.24, 2.45) is 0 Å². The van der Waals surface area contributed by atoms with Crippen molar-refractivity contribution in [3.05, 3.63) is 46.8 Å². The van der Waals surface area contributed by atoms with Crippen molar-refractivity contribution in [3.8, 4) is 0 Å². The Morgan fingerprint density at radius 2 is 2.09 bits per heavy atom. The van der Waals surface area contributed by atoms with E-state index in [4.69, 9.17) is 4.74 Å². The maximum Gasteiger partial charge on any atom is 0.338 e. The number of amides is 1. The van der Waals surface area contributed by atoms with E-state index >= 15 is 0 Å². The van der Waals surface area contributed by atoms with Crippen molar-refractivity contribution in [1.29, 1.82) is 0 Å². The van der Waals surface area contributed by atoms with E-state index in [9.17, 15) is 9.59 Å². The molecule has 23 heavy (non-hydrogen) atoms. The van der Waals surface area contributed by atoms with E-state index in [2.05, 4.69) is 15.5 Å². The molecule has 0 saturated carbocycles. The van der Waals surface area contributed by atoms with Gasteiger partial charge in [0.2, 0.25) is 5.91 Å². The monoisotopic (exact) mass is 315 g/mol. The molecular weight excluding hydrogens is 294 g/mol. The molecule has 0 saturated heterocycles. The van der Waals surface area contributed by atoms with Crippen LogP contribution in [-0.2, 0) is 9.53 Å². The Bertz CT molecular complexity index is 702. The number of aryl methyl sites for hydroxylation is 2. The largest absolute Gasteiger partial charge is 0.462 e. The first-order valence-electron chi connectivity index (χ1n) is 7.53. The molecule has 0 radical (unpaired) electrons. The van der Waals surface area contributed by atoms with E-state index in [1.807, 2.05) is 20.8 Å². The Morgan fingerprint density at radius 1 is 1.35 bits per heavy atom. The van der Waals surface area contributed by atoms with Gasteiger partial charge in [-0.25, -0.2) is 4.79 Å². The fourth-order valence-corrected chi connectivity index (χ4v) is 2.52. The van der Waals surface area contributed by atoms with Gasteiger partial charge in [-0.05, 0) is 45.9 Å². The van der Waals surface area contributed by atoms with Gasteiger partial charge in [-0.2, -0.15) is 5.10 Å². The first-order valence-corrected chi connectivity index (χ1v) is 7.53. The number of nitrogens with one attached hydrogen (secondary N) is 2. The summed E-state index contributed by atoms with van der Waals surface area (Å²) in [6, 6.07) is 6.71. The minimum absolute atomic E-state index is 0.154. The molecule has 2 aromatic rings. The zero-order valence-electron chi connectivity index (χ0n) is 13.8. The fourth-order valence-electron chi connectivity index (χ4n) is 2.52.